The minimum absolute atomic E-state index is 0.0719. The Morgan fingerprint density at radius 1 is 1.06 bits per heavy atom. The third-order valence-electron chi connectivity index (χ3n) is 4.98. The van der Waals surface area contributed by atoms with Crippen molar-refractivity contribution in [3.05, 3.63) is 71.9 Å². The summed E-state index contributed by atoms with van der Waals surface area (Å²) in [6.07, 6.45) is 0. The van der Waals surface area contributed by atoms with E-state index < -0.39 is 0 Å². The summed E-state index contributed by atoms with van der Waals surface area (Å²) in [5, 5.41) is 3.56. The van der Waals surface area contributed by atoms with Gasteiger partial charge in [-0.1, -0.05) is 54.2 Å². The molecule has 0 spiro atoms. The number of aromatic nitrogens is 2. The van der Waals surface area contributed by atoms with Crippen LogP contribution < -0.4 is 5.32 Å². The molecule has 4 rings (SSSR count). The molecule has 0 atom stereocenters. The second kappa shape index (κ2) is 10.5. The highest BCUT2D eigenvalue weighted by atomic mass is 32.2. The van der Waals surface area contributed by atoms with Crippen molar-refractivity contribution in [3.8, 4) is 11.3 Å². The minimum atomic E-state index is -0.0719. The number of ether oxygens (including phenoxy) is 1. The molecule has 160 valence electrons. The highest BCUT2D eigenvalue weighted by molar-refractivity contribution is 7.99. The fraction of sp³-hybridized carbons (Fsp3) is 0.292. The van der Waals surface area contributed by atoms with Crippen molar-refractivity contribution in [1.82, 2.24) is 14.9 Å². The second-order valence-corrected chi connectivity index (χ2v) is 8.41. The lowest BCUT2D eigenvalue weighted by atomic mass is 10.1. The molecule has 31 heavy (non-hydrogen) atoms. The van der Waals surface area contributed by atoms with Crippen LogP contribution in [0.15, 0.2) is 65.8 Å². The number of carbonyl (C=O) groups excluding carboxylic acids is 1. The maximum Gasteiger partial charge on any atom is 0.234 e. The van der Waals surface area contributed by atoms with Crippen LogP contribution in [-0.2, 0) is 16.1 Å². The number of morpholine rings is 1. The number of aryl methyl sites for hydroxylation is 1. The van der Waals surface area contributed by atoms with Crippen LogP contribution in [-0.4, -0.2) is 52.8 Å². The Morgan fingerprint density at radius 2 is 1.81 bits per heavy atom. The maximum atomic E-state index is 12.4. The van der Waals surface area contributed by atoms with Gasteiger partial charge in [0.25, 0.3) is 0 Å². The van der Waals surface area contributed by atoms with Gasteiger partial charge in [-0.2, -0.15) is 0 Å². The van der Waals surface area contributed by atoms with Crippen LogP contribution in [0.2, 0.25) is 0 Å². The number of nitrogens with one attached hydrogen (secondary N) is 1. The van der Waals surface area contributed by atoms with Gasteiger partial charge in [-0.05, 0) is 30.7 Å². The van der Waals surface area contributed by atoms with E-state index in [4.69, 9.17) is 4.74 Å². The van der Waals surface area contributed by atoms with Crippen molar-refractivity contribution in [2.24, 2.45) is 0 Å². The summed E-state index contributed by atoms with van der Waals surface area (Å²) in [5.74, 6) is 0.185. The van der Waals surface area contributed by atoms with Gasteiger partial charge in [-0.15, -0.1) is 0 Å². The van der Waals surface area contributed by atoms with E-state index in [2.05, 4.69) is 32.3 Å². The van der Waals surface area contributed by atoms with Crippen molar-refractivity contribution in [3.63, 3.8) is 0 Å². The Balaban J connectivity index is 1.30. The number of amides is 1. The zero-order valence-electron chi connectivity index (χ0n) is 17.6. The van der Waals surface area contributed by atoms with E-state index in [-0.39, 0.29) is 11.7 Å². The molecule has 1 N–H and O–H groups in total. The van der Waals surface area contributed by atoms with Gasteiger partial charge in [0.05, 0.1) is 24.7 Å². The van der Waals surface area contributed by atoms with E-state index in [1.165, 1.54) is 17.3 Å². The normalized spacial score (nSPS) is 14.4. The van der Waals surface area contributed by atoms with Gasteiger partial charge in [0.2, 0.25) is 5.91 Å². The molecule has 7 heteroatoms. The van der Waals surface area contributed by atoms with Crippen LogP contribution >= 0.6 is 11.8 Å². The van der Waals surface area contributed by atoms with E-state index in [9.17, 15) is 4.79 Å². The standard InChI is InChI=1S/C24H26N4O2S/c1-18-15-22(20-5-3-2-4-6-20)27-24(25-18)31-17-23(29)26-21-9-7-19(8-10-21)16-28-11-13-30-14-12-28/h2-10,15H,11-14,16-17H2,1H3,(H,26,29). The molecule has 0 radical (unpaired) electrons. The second-order valence-electron chi connectivity index (χ2n) is 7.47. The number of thioether (sulfide) groups is 1. The zero-order valence-corrected chi connectivity index (χ0v) is 18.4. The molecule has 0 unspecified atom stereocenters. The Hall–Kier alpha value is -2.74. The lowest BCUT2D eigenvalue weighted by Gasteiger charge is -2.26. The first kappa shape index (κ1) is 21.5. The number of nitrogens with zero attached hydrogens (tertiary/aromatic N) is 3. The smallest absolute Gasteiger partial charge is 0.234 e. The summed E-state index contributed by atoms with van der Waals surface area (Å²) < 4.78 is 5.39. The number of hydrogen-bond donors (Lipinski definition) is 1. The van der Waals surface area contributed by atoms with Crippen LogP contribution in [0.1, 0.15) is 11.3 Å². The Kier molecular flexibility index (Phi) is 7.30. The van der Waals surface area contributed by atoms with Gasteiger partial charge in [-0.25, -0.2) is 9.97 Å². The van der Waals surface area contributed by atoms with Gasteiger partial charge in [0.1, 0.15) is 0 Å². The van der Waals surface area contributed by atoms with Gasteiger partial charge in [-0.3, -0.25) is 9.69 Å². The predicted octanol–water partition coefficient (Wildman–Crippen LogP) is 4.02. The molecule has 2 heterocycles. The van der Waals surface area contributed by atoms with Gasteiger partial charge in [0.15, 0.2) is 5.16 Å². The Morgan fingerprint density at radius 3 is 2.55 bits per heavy atom. The fourth-order valence-electron chi connectivity index (χ4n) is 3.40. The van der Waals surface area contributed by atoms with E-state index >= 15 is 0 Å². The van der Waals surface area contributed by atoms with Crippen LogP contribution in [0.4, 0.5) is 5.69 Å². The Bertz CT molecular complexity index is 1010. The van der Waals surface area contributed by atoms with E-state index in [1.54, 1.807) is 0 Å². The monoisotopic (exact) mass is 434 g/mol. The lowest BCUT2D eigenvalue weighted by molar-refractivity contribution is -0.113. The summed E-state index contributed by atoms with van der Waals surface area (Å²) in [4.78, 5) is 23.9. The third kappa shape index (κ3) is 6.37. The molecule has 1 amide bonds. The molecule has 1 fully saturated rings. The number of anilines is 1. The molecule has 0 bridgehead atoms. The van der Waals surface area contributed by atoms with E-state index in [0.29, 0.717) is 5.16 Å². The number of rotatable bonds is 7. The Labute approximate surface area is 187 Å². The summed E-state index contributed by atoms with van der Waals surface area (Å²) >= 11 is 1.34. The first-order valence-electron chi connectivity index (χ1n) is 10.4. The number of hydrogen-bond acceptors (Lipinski definition) is 6. The van der Waals surface area contributed by atoms with E-state index in [1.807, 2.05) is 55.5 Å². The third-order valence-corrected chi connectivity index (χ3v) is 5.83. The molecule has 1 aliphatic rings. The zero-order chi connectivity index (χ0) is 21.5. The quantitative estimate of drug-likeness (QED) is 0.448. The molecule has 6 nitrogen and oxygen atoms in total. The van der Waals surface area contributed by atoms with Gasteiger partial charge < -0.3 is 10.1 Å². The molecular weight excluding hydrogens is 408 g/mol. The average Bonchev–Trinajstić information content (AvgIpc) is 2.80. The van der Waals surface area contributed by atoms with Crippen LogP contribution in [0.25, 0.3) is 11.3 Å². The SMILES string of the molecule is Cc1cc(-c2ccccc2)nc(SCC(=O)Nc2ccc(CN3CCOCC3)cc2)n1. The maximum absolute atomic E-state index is 12.4. The first-order chi connectivity index (χ1) is 15.2. The molecule has 2 aromatic carbocycles. The van der Waals surface area contributed by atoms with Crippen LogP contribution in [0.3, 0.4) is 0 Å². The van der Waals surface area contributed by atoms with Gasteiger partial charge in [0, 0.05) is 36.6 Å². The molecule has 1 aromatic heterocycles. The summed E-state index contributed by atoms with van der Waals surface area (Å²) in [6.45, 7) is 6.36. The first-order valence-corrected chi connectivity index (χ1v) is 11.4. The van der Waals surface area contributed by atoms with Crippen LogP contribution in [0, 0.1) is 6.92 Å². The topological polar surface area (TPSA) is 67.4 Å². The number of benzene rings is 2. The highest BCUT2D eigenvalue weighted by Crippen LogP contribution is 2.22. The minimum Gasteiger partial charge on any atom is -0.379 e. The van der Waals surface area contributed by atoms with E-state index in [0.717, 1.165) is 55.5 Å². The van der Waals surface area contributed by atoms with Crippen molar-refractivity contribution in [1.29, 1.82) is 0 Å². The summed E-state index contributed by atoms with van der Waals surface area (Å²) in [6, 6.07) is 20.0. The summed E-state index contributed by atoms with van der Waals surface area (Å²) in [7, 11) is 0. The molecule has 0 aliphatic carbocycles. The molecule has 1 aliphatic heterocycles. The predicted molar refractivity (Wildman–Crippen MR) is 124 cm³/mol. The van der Waals surface area contributed by atoms with Crippen molar-refractivity contribution in [2.45, 2.75) is 18.6 Å². The molecule has 0 saturated carbocycles. The molecule has 1 saturated heterocycles. The average molecular weight is 435 g/mol. The molecule has 3 aromatic rings. The fourth-order valence-corrected chi connectivity index (χ4v) is 4.10. The molecular formula is C24H26N4O2S. The van der Waals surface area contributed by atoms with Crippen molar-refractivity contribution >= 4 is 23.4 Å². The highest BCUT2D eigenvalue weighted by Gasteiger charge is 2.11. The number of carbonyl (C=O) groups is 1. The van der Waals surface area contributed by atoms with Crippen molar-refractivity contribution in [2.75, 3.05) is 37.4 Å². The summed E-state index contributed by atoms with van der Waals surface area (Å²) in [5.41, 5.74) is 4.82. The van der Waals surface area contributed by atoms with Crippen molar-refractivity contribution < 1.29 is 9.53 Å². The lowest BCUT2D eigenvalue weighted by Crippen LogP contribution is -2.35. The van der Waals surface area contributed by atoms with Crippen LogP contribution in [0.5, 0.6) is 0 Å². The largest absolute Gasteiger partial charge is 0.379 e. The van der Waals surface area contributed by atoms with Gasteiger partial charge >= 0.3 is 0 Å².